The number of urea groups is 1. The Labute approximate surface area is 188 Å². The maximum atomic E-state index is 13.0. The number of nitrogens with one attached hydrogen (secondary N) is 2. The van der Waals surface area contributed by atoms with E-state index in [0.29, 0.717) is 41.4 Å². The number of rotatable bonds is 9. The van der Waals surface area contributed by atoms with E-state index in [1.165, 1.54) is 7.11 Å². The van der Waals surface area contributed by atoms with E-state index >= 15 is 0 Å². The standard InChI is InChI=1S/C24H29N3O5/c1-5-32-23(28)21-18(15-27(2)14-16-9-7-6-8-10-16)25-24(29)26-22(21)17-11-12-19(30-3)20(13-17)31-4/h6-13,22H,5,14-15H2,1-4H3,(H2,25,26,29)/t22-/m0/s1. The summed E-state index contributed by atoms with van der Waals surface area (Å²) in [6, 6.07) is 14.2. The zero-order valence-corrected chi connectivity index (χ0v) is 18.8. The summed E-state index contributed by atoms with van der Waals surface area (Å²) in [6.07, 6.45) is 0. The van der Waals surface area contributed by atoms with E-state index in [4.69, 9.17) is 14.2 Å². The second-order valence-electron chi connectivity index (χ2n) is 7.42. The number of hydrogen-bond donors (Lipinski definition) is 2. The van der Waals surface area contributed by atoms with Crippen molar-refractivity contribution in [1.29, 1.82) is 0 Å². The van der Waals surface area contributed by atoms with Gasteiger partial charge < -0.3 is 24.8 Å². The number of esters is 1. The summed E-state index contributed by atoms with van der Waals surface area (Å²) in [5.41, 5.74) is 2.68. The molecule has 2 aromatic rings. The molecule has 1 heterocycles. The molecule has 32 heavy (non-hydrogen) atoms. The van der Waals surface area contributed by atoms with Crippen molar-refractivity contribution in [1.82, 2.24) is 15.5 Å². The Bertz CT molecular complexity index is 990. The molecule has 1 atom stereocenters. The molecule has 3 rings (SSSR count). The summed E-state index contributed by atoms with van der Waals surface area (Å²) in [7, 11) is 5.02. The van der Waals surface area contributed by atoms with Gasteiger partial charge in [-0.25, -0.2) is 9.59 Å². The predicted octanol–water partition coefficient (Wildman–Crippen LogP) is 3.01. The fourth-order valence-corrected chi connectivity index (χ4v) is 3.70. The number of amides is 2. The van der Waals surface area contributed by atoms with Crippen molar-refractivity contribution in [2.75, 3.05) is 34.4 Å². The molecule has 0 bridgehead atoms. The van der Waals surface area contributed by atoms with Crippen LogP contribution in [0.4, 0.5) is 4.79 Å². The highest BCUT2D eigenvalue weighted by Gasteiger charge is 2.34. The molecule has 0 aromatic heterocycles. The summed E-state index contributed by atoms with van der Waals surface area (Å²) in [5.74, 6) is 0.577. The average molecular weight is 440 g/mol. The Kier molecular flexibility index (Phi) is 7.72. The molecule has 0 aliphatic carbocycles. The molecule has 2 amide bonds. The van der Waals surface area contributed by atoms with Gasteiger partial charge in [-0.2, -0.15) is 0 Å². The van der Waals surface area contributed by atoms with Gasteiger partial charge in [-0.05, 0) is 37.2 Å². The third-order valence-electron chi connectivity index (χ3n) is 5.11. The van der Waals surface area contributed by atoms with Crippen molar-refractivity contribution >= 4 is 12.0 Å². The Hall–Kier alpha value is -3.52. The molecular formula is C24H29N3O5. The zero-order valence-electron chi connectivity index (χ0n) is 18.8. The highest BCUT2D eigenvalue weighted by molar-refractivity contribution is 5.95. The minimum atomic E-state index is -0.692. The summed E-state index contributed by atoms with van der Waals surface area (Å²) in [6.45, 7) is 2.99. The van der Waals surface area contributed by atoms with E-state index in [0.717, 1.165) is 5.56 Å². The number of likely N-dealkylation sites (N-methyl/N-ethyl adjacent to an activating group) is 1. The van der Waals surface area contributed by atoms with Crippen LogP contribution in [0.15, 0.2) is 59.8 Å². The number of methoxy groups -OCH3 is 2. The largest absolute Gasteiger partial charge is 0.493 e. The normalized spacial score (nSPS) is 15.8. The van der Waals surface area contributed by atoms with E-state index in [1.54, 1.807) is 32.2 Å². The van der Waals surface area contributed by atoms with Crippen molar-refractivity contribution in [2.45, 2.75) is 19.5 Å². The lowest BCUT2D eigenvalue weighted by atomic mass is 9.94. The zero-order chi connectivity index (χ0) is 23.1. The van der Waals surface area contributed by atoms with Gasteiger partial charge in [0.15, 0.2) is 11.5 Å². The SMILES string of the molecule is CCOC(=O)C1=C(CN(C)Cc2ccccc2)NC(=O)N[C@H]1c1ccc(OC)c(OC)c1. The first-order valence-corrected chi connectivity index (χ1v) is 10.4. The van der Waals surface area contributed by atoms with Gasteiger partial charge in [-0.3, -0.25) is 4.90 Å². The molecular weight excluding hydrogens is 410 g/mol. The van der Waals surface area contributed by atoms with Gasteiger partial charge in [0, 0.05) is 18.8 Å². The summed E-state index contributed by atoms with van der Waals surface area (Å²) >= 11 is 0. The van der Waals surface area contributed by atoms with Gasteiger partial charge in [0.05, 0.1) is 32.4 Å². The molecule has 1 aliphatic rings. The van der Waals surface area contributed by atoms with Gasteiger partial charge in [0.1, 0.15) is 0 Å². The third-order valence-corrected chi connectivity index (χ3v) is 5.11. The highest BCUT2D eigenvalue weighted by atomic mass is 16.5. The van der Waals surface area contributed by atoms with Crippen LogP contribution in [0.25, 0.3) is 0 Å². The van der Waals surface area contributed by atoms with Crippen LogP contribution in [0.3, 0.4) is 0 Å². The molecule has 0 radical (unpaired) electrons. The maximum Gasteiger partial charge on any atom is 0.338 e. The predicted molar refractivity (Wildman–Crippen MR) is 120 cm³/mol. The van der Waals surface area contributed by atoms with Crippen LogP contribution in [0, 0.1) is 0 Å². The minimum absolute atomic E-state index is 0.224. The summed E-state index contributed by atoms with van der Waals surface area (Å²) < 4.78 is 16.0. The van der Waals surface area contributed by atoms with E-state index in [-0.39, 0.29) is 12.6 Å². The summed E-state index contributed by atoms with van der Waals surface area (Å²) in [5, 5.41) is 5.64. The summed E-state index contributed by atoms with van der Waals surface area (Å²) in [4.78, 5) is 27.5. The highest BCUT2D eigenvalue weighted by Crippen LogP contribution is 2.34. The van der Waals surface area contributed by atoms with Crippen molar-refractivity contribution < 1.29 is 23.8 Å². The minimum Gasteiger partial charge on any atom is -0.493 e. The van der Waals surface area contributed by atoms with Crippen LogP contribution in [-0.4, -0.2) is 51.3 Å². The second-order valence-corrected chi connectivity index (χ2v) is 7.42. The van der Waals surface area contributed by atoms with E-state index in [9.17, 15) is 9.59 Å². The lowest BCUT2D eigenvalue weighted by Crippen LogP contribution is -2.48. The second kappa shape index (κ2) is 10.7. The third kappa shape index (κ3) is 5.39. The molecule has 2 N–H and O–H groups in total. The molecule has 0 spiro atoms. The molecule has 8 nitrogen and oxygen atoms in total. The number of benzene rings is 2. The van der Waals surface area contributed by atoms with Gasteiger partial charge in [0.25, 0.3) is 0 Å². The number of carbonyl (C=O) groups excluding carboxylic acids is 2. The smallest absolute Gasteiger partial charge is 0.338 e. The van der Waals surface area contributed by atoms with Gasteiger partial charge in [-0.15, -0.1) is 0 Å². The Morgan fingerprint density at radius 2 is 1.75 bits per heavy atom. The fraction of sp³-hybridized carbons (Fsp3) is 0.333. The quantitative estimate of drug-likeness (QED) is 0.584. The Morgan fingerprint density at radius 3 is 2.41 bits per heavy atom. The van der Waals surface area contributed by atoms with Crippen LogP contribution in [0.5, 0.6) is 11.5 Å². The number of nitrogens with zero attached hydrogens (tertiary/aromatic N) is 1. The first-order chi connectivity index (χ1) is 15.5. The molecule has 1 aliphatic heterocycles. The van der Waals surface area contributed by atoms with Crippen LogP contribution < -0.4 is 20.1 Å². The van der Waals surface area contributed by atoms with Crippen LogP contribution in [-0.2, 0) is 16.1 Å². The molecule has 8 heteroatoms. The first-order valence-electron chi connectivity index (χ1n) is 10.4. The van der Waals surface area contributed by atoms with Crippen LogP contribution in [0.1, 0.15) is 24.1 Å². The van der Waals surface area contributed by atoms with Crippen molar-refractivity contribution in [2.24, 2.45) is 0 Å². The molecule has 0 saturated carbocycles. The van der Waals surface area contributed by atoms with Gasteiger partial charge in [-0.1, -0.05) is 36.4 Å². The lowest BCUT2D eigenvalue weighted by molar-refractivity contribution is -0.139. The molecule has 0 saturated heterocycles. The van der Waals surface area contributed by atoms with Crippen molar-refractivity contribution in [3.63, 3.8) is 0 Å². The van der Waals surface area contributed by atoms with Crippen molar-refractivity contribution in [3.05, 3.63) is 70.9 Å². The van der Waals surface area contributed by atoms with Crippen molar-refractivity contribution in [3.8, 4) is 11.5 Å². The molecule has 0 fully saturated rings. The topological polar surface area (TPSA) is 89.1 Å². The number of hydrogen-bond acceptors (Lipinski definition) is 6. The van der Waals surface area contributed by atoms with E-state index in [2.05, 4.69) is 10.6 Å². The van der Waals surface area contributed by atoms with Gasteiger partial charge >= 0.3 is 12.0 Å². The lowest BCUT2D eigenvalue weighted by Gasteiger charge is -2.31. The molecule has 170 valence electrons. The van der Waals surface area contributed by atoms with Gasteiger partial charge in [0.2, 0.25) is 0 Å². The fourth-order valence-electron chi connectivity index (χ4n) is 3.70. The van der Waals surface area contributed by atoms with Crippen LogP contribution in [0.2, 0.25) is 0 Å². The molecule has 2 aromatic carbocycles. The Balaban J connectivity index is 1.98. The Morgan fingerprint density at radius 1 is 1.03 bits per heavy atom. The monoisotopic (exact) mass is 439 g/mol. The molecule has 0 unspecified atom stereocenters. The number of carbonyl (C=O) groups is 2. The maximum absolute atomic E-state index is 13.0. The van der Waals surface area contributed by atoms with E-state index in [1.807, 2.05) is 42.3 Å². The number of ether oxygens (including phenoxy) is 3. The average Bonchev–Trinajstić information content (AvgIpc) is 2.78. The first kappa shape index (κ1) is 23.1. The van der Waals surface area contributed by atoms with E-state index < -0.39 is 12.0 Å². The van der Waals surface area contributed by atoms with Crippen LogP contribution >= 0.6 is 0 Å².